The van der Waals surface area contributed by atoms with Gasteiger partial charge in [-0.25, -0.2) is 9.97 Å². The van der Waals surface area contributed by atoms with Crippen LogP contribution in [0.1, 0.15) is 32.6 Å². The molecule has 0 bridgehead atoms. The van der Waals surface area contributed by atoms with Gasteiger partial charge in [0.15, 0.2) is 11.0 Å². The third-order valence-corrected chi connectivity index (χ3v) is 3.42. The molecule has 82 valence electrons. The molecule has 1 aliphatic rings. The molecule has 0 amide bonds. The second-order valence-corrected chi connectivity index (χ2v) is 4.93. The molecule has 0 atom stereocenters. The first-order valence-electron chi connectivity index (χ1n) is 5.40. The zero-order chi connectivity index (χ0) is 10.7. The lowest BCUT2D eigenvalue weighted by Crippen LogP contribution is -2.23. The second-order valence-electron chi connectivity index (χ2n) is 4.57. The average Bonchev–Trinajstić information content (AvgIpc) is 2.65. The lowest BCUT2D eigenvalue weighted by molar-refractivity contribution is 0.361. The summed E-state index contributed by atoms with van der Waals surface area (Å²) in [5, 5.41) is 3.75. The molecule has 1 aromatic rings. The van der Waals surface area contributed by atoms with Gasteiger partial charge in [-0.05, 0) is 18.3 Å². The third kappa shape index (κ3) is 2.59. The SMILES string of the molecule is CC1(CNc2nccnc2Cl)CCCC1. The molecule has 4 heteroatoms. The Morgan fingerprint density at radius 1 is 1.33 bits per heavy atom. The minimum absolute atomic E-state index is 0.404. The van der Waals surface area contributed by atoms with Crippen LogP contribution in [0.2, 0.25) is 5.15 Å². The van der Waals surface area contributed by atoms with E-state index in [0.29, 0.717) is 16.4 Å². The Balaban J connectivity index is 1.95. The number of aromatic nitrogens is 2. The van der Waals surface area contributed by atoms with E-state index in [4.69, 9.17) is 11.6 Å². The van der Waals surface area contributed by atoms with E-state index in [0.717, 1.165) is 6.54 Å². The van der Waals surface area contributed by atoms with Crippen molar-refractivity contribution in [3.8, 4) is 0 Å². The van der Waals surface area contributed by atoms with Crippen LogP contribution >= 0.6 is 11.6 Å². The van der Waals surface area contributed by atoms with Crippen LogP contribution in [0.4, 0.5) is 5.82 Å². The minimum Gasteiger partial charge on any atom is -0.367 e. The predicted molar refractivity (Wildman–Crippen MR) is 62.1 cm³/mol. The summed E-state index contributed by atoms with van der Waals surface area (Å²) in [5.74, 6) is 0.701. The summed E-state index contributed by atoms with van der Waals surface area (Å²) in [6, 6.07) is 0. The van der Waals surface area contributed by atoms with Crippen LogP contribution in [0.5, 0.6) is 0 Å². The Labute approximate surface area is 95.3 Å². The molecule has 2 rings (SSSR count). The molecule has 1 aliphatic carbocycles. The van der Waals surface area contributed by atoms with Gasteiger partial charge < -0.3 is 5.32 Å². The van der Waals surface area contributed by atoms with Crippen LogP contribution < -0.4 is 5.32 Å². The van der Waals surface area contributed by atoms with Crippen molar-refractivity contribution in [3.05, 3.63) is 17.5 Å². The predicted octanol–water partition coefficient (Wildman–Crippen LogP) is 3.12. The number of hydrogen-bond acceptors (Lipinski definition) is 3. The molecular formula is C11H16ClN3. The lowest BCUT2D eigenvalue weighted by Gasteiger charge is -2.24. The van der Waals surface area contributed by atoms with Gasteiger partial charge in [0.1, 0.15) is 0 Å². The van der Waals surface area contributed by atoms with Gasteiger partial charge in [0.2, 0.25) is 0 Å². The normalized spacial score (nSPS) is 19.1. The smallest absolute Gasteiger partial charge is 0.171 e. The molecule has 15 heavy (non-hydrogen) atoms. The highest BCUT2D eigenvalue weighted by atomic mass is 35.5. The van der Waals surface area contributed by atoms with E-state index in [1.807, 2.05) is 0 Å². The quantitative estimate of drug-likeness (QED) is 0.859. The standard InChI is InChI=1S/C11H16ClN3/c1-11(4-2-3-5-11)8-15-10-9(12)13-6-7-14-10/h6-7H,2-5,8H2,1H3,(H,14,15). The van der Waals surface area contributed by atoms with Gasteiger partial charge in [0.25, 0.3) is 0 Å². The number of nitrogens with one attached hydrogen (secondary N) is 1. The van der Waals surface area contributed by atoms with Crippen molar-refractivity contribution in [1.82, 2.24) is 9.97 Å². The molecule has 0 aliphatic heterocycles. The highest BCUT2D eigenvalue weighted by Gasteiger charge is 2.28. The topological polar surface area (TPSA) is 37.8 Å². The van der Waals surface area contributed by atoms with Crippen molar-refractivity contribution >= 4 is 17.4 Å². The Hall–Kier alpha value is -0.830. The van der Waals surface area contributed by atoms with E-state index in [1.54, 1.807) is 12.4 Å². The molecule has 0 radical (unpaired) electrons. The molecular weight excluding hydrogens is 210 g/mol. The summed E-state index contributed by atoms with van der Waals surface area (Å²) < 4.78 is 0. The molecule has 0 saturated heterocycles. The van der Waals surface area contributed by atoms with Gasteiger partial charge in [0.05, 0.1) is 0 Å². The summed E-state index contributed by atoms with van der Waals surface area (Å²) >= 11 is 5.92. The summed E-state index contributed by atoms with van der Waals surface area (Å²) in [4.78, 5) is 8.15. The van der Waals surface area contributed by atoms with Gasteiger partial charge in [-0.1, -0.05) is 31.4 Å². The molecule has 1 saturated carbocycles. The zero-order valence-electron chi connectivity index (χ0n) is 8.96. The maximum absolute atomic E-state index is 5.92. The molecule has 1 aromatic heterocycles. The van der Waals surface area contributed by atoms with Gasteiger partial charge >= 0.3 is 0 Å². The van der Waals surface area contributed by atoms with E-state index in [2.05, 4.69) is 22.2 Å². The number of halogens is 1. The summed E-state index contributed by atoms with van der Waals surface area (Å²) in [6.45, 7) is 3.25. The number of hydrogen-bond donors (Lipinski definition) is 1. The first kappa shape index (κ1) is 10.7. The van der Waals surface area contributed by atoms with E-state index in [1.165, 1.54) is 25.7 Å². The fourth-order valence-electron chi connectivity index (χ4n) is 2.14. The molecule has 3 nitrogen and oxygen atoms in total. The van der Waals surface area contributed by atoms with E-state index in [9.17, 15) is 0 Å². The molecule has 1 fully saturated rings. The molecule has 0 unspecified atom stereocenters. The summed E-state index contributed by atoms with van der Waals surface area (Å²) in [5.41, 5.74) is 0.404. The Kier molecular flexibility index (Phi) is 3.10. The van der Waals surface area contributed by atoms with Gasteiger partial charge in [-0.15, -0.1) is 0 Å². The van der Waals surface area contributed by atoms with Gasteiger partial charge in [-0.2, -0.15) is 0 Å². The lowest BCUT2D eigenvalue weighted by atomic mass is 9.89. The maximum atomic E-state index is 5.92. The van der Waals surface area contributed by atoms with Gasteiger partial charge in [-0.3, -0.25) is 0 Å². The monoisotopic (exact) mass is 225 g/mol. The Morgan fingerprint density at radius 2 is 2.00 bits per heavy atom. The highest BCUT2D eigenvalue weighted by molar-refractivity contribution is 6.31. The Bertz CT molecular complexity index is 334. The van der Waals surface area contributed by atoms with Crippen LogP contribution in [0, 0.1) is 5.41 Å². The summed E-state index contributed by atoms with van der Waals surface area (Å²) in [7, 11) is 0. The second kappa shape index (κ2) is 4.35. The van der Waals surface area contributed by atoms with Crippen molar-refractivity contribution < 1.29 is 0 Å². The molecule has 1 heterocycles. The number of anilines is 1. The van der Waals surface area contributed by atoms with Crippen molar-refractivity contribution in [2.75, 3.05) is 11.9 Å². The van der Waals surface area contributed by atoms with Crippen molar-refractivity contribution in [1.29, 1.82) is 0 Å². The van der Waals surface area contributed by atoms with E-state index < -0.39 is 0 Å². The molecule has 0 aromatic carbocycles. The minimum atomic E-state index is 0.404. The van der Waals surface area contributed by atoms with Crippen LogP contribution in [-0.4, -0.2) is 16.5 Å². The van der Waals surface area contributed by atoms with Crippen LogP contribution in [0.25, 0.3) is 0 Å². The number of rotatable bonds is 3. The third-order valence-electron chi connectivity index (χ3n) is 3.15. The fourth-order valence-corrected chi connectivity index (χ4v) is 2.31. The fraction of sp³-hybridized carbons (Fsp3) is 0.636. The molecule has 0 spiro atoms. The number of nitrogens with zero attached hydrogens (tertiary/aromatic N) is 2. The zero-order valence-corrected chi connectivity index (χ0v) is 9.72. The highest BCUT2D eigenvalue weighted by Crippen LogP contribution is 2.37. The Morgan fingerprint density at radius 3 is 2.67 bits per heavy atom. The molecule has 1 N–H and O–H groups in total. The first-order valence-corrected chi connectivity index (χ1v) is 5.78. The van der Waals surface area contributed by atoms with Crippen LogP contribution in [0.15, 0.2) is 12.4 Å². The summed E-state index contributed by atoms with van der Waals surface area (Å²) in [6.07, 6.45) is 8.52. The largest absolute Gasteiger partial charge is 0.367 e. The van der Waals surface area contributed by atoms with Gasteiger partial charge in [0, 0.05) is 18.9 Å². The first-order chi connectivity index (χ1) is 7.20. The van der Waals surface area contributed by atoms with Crippen LogP contribution in [-0.2, 0) is 0 Å². The van der Waals surface area contributed by atoms with Crippen molar-refractivity contribution in [2.24, 2.45) is 5.41 Å². The van der Waals surface area contributed by atoms with E-state index in [-0.39, 0.29) is 0 Å². The van der Waals surface area contributed by atoms with Crippen LogP contribution in [0.3, 0.4) is 0 Å². The van der Waals surface area contributed by atoms with Crippen molar-refractivity contribution in [3.63, 3.8) is 0 Å². The maximum Gasteiger partial charge on any atom is 0.171 e. The van der Waals surface area contributed by atoms with Crippen molar-refractivity contribution in [2.45, 2.75) is 32.6 Å². The average molecular weight is 226 g/mol. The van der Waals surface area contributed by atoms with E-state index >= 15 is 0 Å².